The molecule has 1 heterocycles. The highest BCUT2D eigenvalue weighted by atomic mass is 16.6. The van der Waals surface area contributed by atoms with E-state index in [2.05, 4.69) is 5.32 Å². The van der Waals surface area contributed by atoms with Gasteiger partial charge in [-0.2, -0.15) is 0 Å². The van der Waals surface area contributed by atoms with Crippen LogP contribution >= 0.6 is 0 Å². The van der Waals surface area contributed by atoms with Crippen molar-refractivity contribution in [2.75, 3.05) is 19.8 Å². The summed E-state index contributed by atoms with van der Waals surface area (Å²) in [7, 11) is 0. The molecule has 0 saturated carbocycles. The van der Waals surface area contributed by atoms with Crippen molar-refractivity contribution in [1.82, 2.24) is 5.32 Å². The van der Waals surface area contributed by atoms with Crippen molar-refractivity contribution in [2.45, 2.75) is 25.0 Å². The van der Waals surface area contributed by atoms with Crippen LogP contribution in [0.4, 0.5) is 5.69 Å². The van der Waals surface area contributed by atoms with Gasteiger partial charge in [0.25, 0.3) is 5.69 Å². The highest BCUT2D eigenvalue weighted by molar-refractivity contribution is 5.33. The molecular formula is C13H18N2O4. The minimum absolute atomic E-state index is 0.0355. The molecule has 2 rings (SSSR count). The lowest BCUT2D eigenvalue weighted by molar-refractivity contribution is -0.384. The van der Waals surface area contributed by atoms with E-state index in [9.17, 15) is 15.2 Å². The summed E-state index contributed by atoms with van der Waals surface area (Å²) in [5.74, 6) is 0. The first-order valence-electron chi connectivity index (χ1n) is 6.40. The number of hydrogen-bond donors (Lipinski definition) is 2. The predicted octanol–water partition coefficient (Wildman–Crippen LogP) is 1.40. The van der Waals surface area contributed by atoms with Crippen LogP contribution in [0.1, 0.15) is 24.5 Å². The molecule has 104 valence electrons. The summed E-state index contributed by atoms with van der Waals surface area (Å²) in [6.07, 6.45) is 1.25. The van der Waals surface area contributed by atoms with E-state index in [4.69, 9.17) is 4.74 Å². The van der Waals surface area contributed by atoms with Crippen LogP contribution in [0.3, 0.4) is 0 Å². The average molecular weight is 266 g/mol. The molecule has 2 N–H and O–H groups in total. The fourth-order valence-electron chi connectivity index (χ4n) is 2.12. The van der Waals surface area contributed by atoms with Crippen molar-refractivity contribution in [3.63, 3.8) is 0 Å². The van der Waals surface area contributed by atoms with Gasteiger partial charge in [-0.15, -0.1) is 0 Å². The molecule has 1 saturated heterocycles. The van der Waals surface area contributed by atoms with Gasteiger partial charge >= 0.3 is 0 Å². The minimum Gasteiger partial charge on any atom is -0.387 e. The van der Waals surface area contributed by atoms with Crippen LogP contribution in [0, 0.1) is 10.1 Å². The number of hydrogen-bond acceptors (Lipinski definition) is 5. The fraction of sp³-hybridized carbons (Fsp3) is 0.538. The first-order chi connectivity index (χ1) is 9.16. The van der Waals surface area contributed by atoms with E-state index in [1.54, 1.807) is 12.1 Å². The molecule has 0 aromatic heterocycles. The molecular weight excluding hydrogens is 248 g/mol. The number of non-ortho nitro benzene ring substituents is 1. The summed E-state index contributed by atoms with van der Waals surface area (Å²) >= 11 is 0. The summed E-state index contributed by atoms with van der Waals surface area (Å²) in [5.41, 5.74) is 0.721. The molecule has 0 amide bonds. The van der Waals surface area contributed by atoms with Gasteiger partial charge in [0, 0.05) is 37.9 Å². The molecule has 6 heteroatoms. The van der Waals surface area contributed by atoms with E-state index >= 15 is 0 Å². The number of rotatable bonds is 5. The maximum atomic E-state index is 10.5. The van der Waals surface area contributed by atoms with Gasteiger partial charge in [-0.3, -0.25) is 10.1 Å². The Kier molecular flexibility index (Phi) is 4.84. The number of nitrogens with zero attached hydrogens (tertiary/aromatic N) is 1. The van der Waals surface area contributed by atoms with Gasteiger partial charge in [0.1, 0.15) is 0 Å². The Balaban J connectivity index is 1.84. The highest BCUT2D eigenvalue weighted by Gasteiger charge is 2.16. The van der Waals surface area contributed by atoms with Crippen LogP contribution in [-0.4, -0.2) is 35.8 Å². The van der Waals surface area contributed by atoms with Gasteiger partial charge in [-0.25, -0.2) is 0 Å². The Morgan fingerprint density at radius 1 is 1.37 bits per heavy atom. The summed E-state index contributed by atoms with van der Waals surface area (Å²) in [6, 6.07) is 6.38. The van der Waals surface area contributed by atoms with Crippen LogP contribution in [-0.2, 0) is 4.74 Å². The third kappa shape index (κ3) is 3.99. The Bertz CT molecular complexity index is 415. The maximum Gasteiger partial charge on any atom is 0.269 e. The molecule has 1 aliphatic heterocycles. The van der Waals surface area contributed by atoms with Crippen molar-refractivity contribution in [3.05, 3.63) is 39.9 Å². The largest absolute Gasteiger partial charge is 0.387 e. The first kappa shape index (κ1) is 13.9. The van der Waals surface area contributed by atoms with Gasteiger partial charge in [0.05, 0.1) is 11.0 Å². The van der Waals surface area contributed by atoms with Gasteiger partial charge < -0.3 is 15.2 Å². The van der Waals surface area contributed by atoms with Crippen molar-refractivity contribution in [1.29, 1.82) is 0 Å². The summed E-state index contributed by atoms with van der Waals surface area (Å²) in [6.45, 7) is 1.96. The quantitative estimate of drug-likeness (QED) is 0.621. The smallest absolute Gasteiger partial charge is 0.269 e. The fourth-order valence-corrected chi connectivity index (χ4v) is 2.12. The molecule has 19 heavy (non-hydrogen) atoms. The summed E-state index contributed by atoms with van der Waals surface area (Å²) < 4.78 is 5.26. The Labute approximate surface area is 111 Å². The molecule has 0 spiro atoms. The Morgan fingerprint density at radius 2 is 2.00 bits per heavy atom. The number of benzene rings is 1. The van der Waals surface area contributed by atoms with E-state index in [-0.39, 0.29) is 5.69 Å². The van der Waals surface area contributed by atoms with Crippen LogP contribution in [0.5, 0.6) is 0 Å². The van der Waals surface area contributed by atoms with Gasteiger partial charge in [0.15, 0.2) is 0 Å². The second kappa shape index (κ2) is 6.60. The normalized spacial score (nSPS) is 18.2. The van der Waals surface area contributed by atoms with E-state index < -0.39 is 11.0 Å². The predicted molar refractivity (Wildman–Crippen MR) is 69.9 cm³/mol. The van der Waals surface area contributed by atoms with Gasteiger partial charge in [-0.05, 0) is 30.5 Å². The van der Waals surface area contributed by atoms with E-state index in [1.807, 2.05) is 0 Å². The molecule has 0 bridgehead atoms. The summed E-state index contributed by atoms with van der Waals surface area (Å²) in [4.78, 5) is 10.1. The lowest BCUT2D eigenvalue weighted by Gasteiger charge is -2.24. The Morgan fingerprint density at radius 3 is 2.58 bits per heavy atom. The zero-order valence-corrected chi connectivity index (χ0v) is 10.6. The maximum absolute atomic E-state index is 10.5. The molecule has 1 aromatic carbocycles. The van der Waals surface area contributed by atoms with Crippen molar-refractivity contribution in [3.8, 4) is 0 Å². The van der Waals surface area contributed by atoms with Crippen molar-refractivity contribution >= 4 is 5.69 Å². The Hall–Kier alpha value is -1.50. The molecule has 0 aliphatic carbocycles. The van der Waals surface area contributed by atoms with Crippen LogP contribution in [0.25, 0.3) is 0 Å². The molecule has 1 aromatic rings. The van der Waals surface area contributed by atoms with Crippen molar-refractivity contribution in [2.24, 2.45) is 0 Å². The number of nitrogens with one attached hydrogen (secondary N) is 1. The first-order valence-corrected chi connectivity index (χ1v) is 6.40. The third-order valence-corrected chi connectivity index (χ3v) is 3.31. The van der Waals surface area contributed by atoms with E-state index in [0.29, 0.717) is 18.2 Å². The zero-order chi connectivity index (χ0) is 13.7. The van der Waals surface area contributed by atoms with Gasteiger partial charge in [0.2, 0.25) is 0 Å². The number of nitro benzene ring substituents is 1. The lowest BCUT2D eigenvalue weighted by Crippen LogP contribution is -2.37. The van der Waals surface area contributed by atoms with E-state index in [0.717, 1.165) is 26.1 Å². The van der Waals surface area contributed by atoms with Crippen LogP contribution in [0.15, 0.2) is 24.3 Å². The lowest BCUT2D eigenvalue weighted by atomic mass is 10.1. The van der Waals surface area contributed by atoms with Gasteiger partial charge in [-0.1, -0.05) is 0 Å². The highest BCUT2D eigenvalue weighted by Crippen LogP contribution is 2.17. The monoisotopic (exact) mass is 266 g/mol. The number of nitro groups is 1. The molecule has 1 atom stereocenters. The molecule has 1 aliphatic rings. The molecule has 6 nitrogen and oxygen atoms in total. The topological polar surface area (TPSA) is 84.6 Å². The standard InChI is InChI=1S/C13H18N2O4/c16-13(9-14-11-5-7-19-8-6-11)10-1-3-12(4-2-10)15(17)18/h1-4,11,13-14,16H,5-9H2. The molecule has 1 fully saturated rings. The van der Waals surface area contributed by atoms with Crippen molar-refractivity contribution < 1.29 is 14.8 Å². The SMILES string of the molecule is O=[N+]([O-])c1ccc(C(O)CNC2CCOCC2)cc1. The molecule has 1 unspecified atom stereocenters. The third-order valence-electron chi connectivity index (χ3n) is 3.31. The summed E-state index contributed by atoms with van der Waals surface area (Å²) in [5, 5.41) is 23.8. The number of aliphatic hydroxyl groups is 1. The van der Waals surface area contributed by atoms with Crippen LogP contribution in [0.2, 0.25) is 0 Å². The number of aliphatic hydroxyl groups excluding tert-OH is 1. The second-order valence-corrected chi connectivity index (χ2v) is 4.66. The zero-order valence-electron chi connectivity index (χ0n) is 10.6. The molecule has 0 radical (unpaired) electrons. The average Bonchev–Trinajstić information content (AvgIpc) is 2.46. The minimum atomic E-state index is -0.649. The second-order valence-electron chi connectivity index (χ2n) is 4.66. The van der Waals surface area contributed by atoms with E-state index in [1.165, 1.54) is 12.1 Å². The van der Waals surface area contributed by atoms with Crippen LogP contribution < -0.4 is 5.32 Å². The number of ether oxygens (including phenoxy) is 1.